The molecule has 0 saturated heterocycles. The Hall–Kier alpha value is -1.09. The minimum Gasteiger partial charge on any atom is -0.454 e. The Labute approximate surface area is 107 Å². The van der Waals surface area contributed by atoms with E-state index in [1.807, 2.05) is 0 Å². The third-order valence-electron chi connectivity index (χ3n) is 5.82. The molecule has 1 N–H and O–H groups in total. The lowest BCUT2D eigenvalue weighted by Crippen LogP contribution is -2.46. The van der Waals surface area contributed by atoms with Crippen LogP contribution in [0.15, 0.2) is 23.3 Å². The predicted molar refractivity (Wildman–Crippen MR) is 65.5 cm³/mol. The molecule has 3 aliphatic carbocycles. The number of aliphatic hydroxyl groups excluding tert-OH is 1. The van der Waals surface area contributed by atoms with Crippen LogP contribution in [0.5, 0.6) is 0 Å². The SMILES string of the molecule is C=C1[C@H]2C[C@H]2[C@]2(C)C[C@H]3OC(=O)C(C)=C3[C@H](O)[C@@H]12. The number of carbonyl (C=O) groups excluding carboxylic acids is 1. The van der Waals surface area contributed by atoms with Crippen molar-refractivity contribution in [2.75, 3.05) is 0 Å². The van der Waals surface area contributed by atoms with Crippen LogP contribution in [0.1, 0.15) is 26.7 Å². The summed E-state index contributed by atoms with van der Waals surface area (Å²) in [6, 6.07) is 0. The summed E-state index contributed by atoms with van der Waals surface area (Å²) < 4.78 is 5.42. The van der Waals surface area contributed by atoms with E-state index in [1.54, 1.807) is 6.92 Å². The molecule has 0 amide bonds. The Morgan fingerprint density at radius 2 is 2.22 bits per heavy atom. The Balaban J connectivity index is 1.83. The highest BCUT2D eigenvalue weighted by atomic mass is 16.5. The Morgan fingerprint density at radius 1 is 1.50 bits per heavy atom. The predicted octanol–water partition coefficient (Wildman–Crippen LogP) is 1.82. The van der Waals surface area contributed by atoms with E-state index in [2.05, 4.69) is 13.5 Å². The minimum atomic E-state index is -0.569. The lowest BCUT2D eigenvalue weighted by molar-refractivity contribution is -0.142. The van der Waals surface area contributed by atoms with Crippen LogP contribution < -0.4 is 0 Å². The van der Waals surface area contributed by atoms with E-state index in [0.717, 1.165) is 12.0 Å². The molecule has 4 aliphatic rings. The summed E-state index contributed by atoms with van der Waals surface area (Å²) >= 11 is 0. The van der Waals surface area contributed by atoms with E-state index in [4.69, 9.17) is 4.74 Å². The number of hydrogen-bond acceptors (Lipinski definition) is 3. The van der Waals surface area contributed by atoms with Crippen LogP contribution in [0, 0.1) is 23.2 Å². The maximum atomic E-state index is 11.7. The van der Waals surface area contributed by atoms with Gasteiger partial charge in [0, 0.05) is 17.1 Å². The first-order chi connectivity index (χ1) is 8.45. The summed E-state index contributed by atoms with van der Waals surface area (Å²) in [5, 5.41) is 10.7. The van der Waals surface area contributed by atoms with Crippen molar-refractivity contribution in [3.8, 4) is 0 Å². The van der Waals surface area contributed by atoms with E-state index >= 15 is 0 Å². The van der Waals surface area contributed by atoms with Crippen molar-refractivity contribution >= 4 is 5.97 Å². The number of hydrogen-bond donors (Lipinski definition) is 1. The molecular formula is C15H18O3. The number of carbonyl (C=O) groups is 1. The topological polar surface area (TPSA) is 46.5 Å². The van der Waals surface area contributed by atoms with Crippen molar-refractivity contribution < 1.29 is 14.6 Å². The first-order valence-corrected chi connectivity index (χ1v) is 6.73. The van der Waals surface area contributed by atoms with Gasteiger partial charge in [0.1, 0.15) is 6.10 Å². The van der Waals surface area contributed by atoms with Gasteiger partial charge in [-0.15, -0.1) is 0 Å². The van der Waals surface area contributed by atoms with Crippen molar-refractivity contribution in [3.05, 3.63) is 23.3 Å². The first kappa shape index (κ1) is 10.8. The van der Waals surface area contributed by atoms with Crippen molar-refractivity contribution in [1.29, 1.82) is 0 Å². The average molecular weight is 246 g/mol. The van der Waals surface area contributed by atoms with E-state index in [9.17, 15) is 9.90 Å². The van der Waals surface area contributed by atoms with Crippen molar-refractivity contribution in [1.82, 2.24) is 0 Å². The molecule has 0 aromatic rings. The molecule has 0 aromatic heterocycles. The van der Waals surface area contributed by atoms with Crippen molar-refractivity contribution in [3.63, 3.8) is 0 Å². The third-order valence-corrected chi connectivity index (χ3v) is 5.82. The van der Waals surface area contributed by atoms with E-state index in [0.29, 0.717) is 17.4 Å². The van der Waals surface area contributed by atoms with E-state index < -0.39 is 6.10 Å². The molecule has 96 valence electrons. The molecule has 3 saturated carbocycles. The quantitative estimate of drug-likeness (QED) is 0.524. The van der Waals surface area contributed by atoms with Gasteiger partial charge in [-0.3, -0.25) is 0 Å². The monoisotopic (exact) mass is 246 g/mol. The molecule has 4 rings (SSSR count). The minimum absolute atomic E-state index is 0.0697. The molecule has 1 heterocycles. The van der Waals surface area contributed by atoms with Gasteiger partial charge in [-0.05, 0) is 37.0 Å². The standard InChI is InChI=1S/C15H18O3/c1-6-8-4-9(8)15(3)5-10-11(13(16)12(6)15)7(2)14(17)18-10/h8-10,12-13,16H,1,4-5H2,2-3H3/t8-,9-,10-,12-,13+,15+/m1/s1. The van der Waals surface area contributed by atoms with E-state index in [-0.39, 0.29) is 23.4 Å². The maximum absolute atomic E-state index is 11.7. The van der Waals surface area contributed by atoms with Gasteiger partial charge in [-0.1, -0.05) is 19.1 Å². The molecule has 3 nitrogen and oxygen atoms in total. The lowest BCUT2D eigenvalue weighted by Gasteiger charge is -2.45. The fourth-order valence-electron chi connectivity index (χ4n) is 4.84. The molecule has 1 aliphatic heterocycles. The fraction of sp³-hybridized carbons (Fsp3) is 0.667. The normalized spacial score (nSPS) is 52.9. The van der Waals surface area contributed by atoms with E-state index in [1.165, 1.54) is 12.0 Å². The highest BCUT2D eigenvalue weighted by Crippen LogP contribution is 2.71. The second kappa shape index (κ2) is 2.90. The van der Waals surface area contributed by atoms with Gasteiger partial charge in [0.05, 0.1) is 6.10 Å². The average Bonchev–Trinajstić information content (AvgIpc) is 2.98. The summed E-state index contributed by atoms with van der Waals surface area (Å²) in [6.45, 7) is 8.21. The molecule has 0 bridgehead atoms. The van der Waals surface area contributed by atoms with Crippen LogP contribution in [0.4, 0.5) is 0 Å². The van der Waals surface area contributed by atoms with Crippen molar-refractivity contribution in [2.24, 2.45) is 23.2 Å². The Kier molecular flexibility index (Phi) is 1.74. The van der Waals surface area contributed by atoms with Gasteiger partial charge in [0.15, 0.2) is 0 Å². The summed E-state index contributed by atoms with van der Waals surface area (Å²) in [4.78, 5) is 11.7. The highest BCUT2D eigenvalue weighted by Gasteiger charge is 2.68. The van der Waals surface area contributed by atoms with Gasteiger partial charge in [-0.25, -0.2) is 4.79 Å². The molecule has 6 atom stereocenters. The molecule has 3 heteroatoms. The molecule has 0 radical (unpaired) electrons. The fourth-order valence-corrected chi connectivity index (χ4v) is 4.84. The number of esters is 1. The molecule has 3 fully saturated rings. The lowest BCUT2D eigenvalue weighted by atomic mass is 9.62. The second-order valence-corrected chi connectivity index (χ2v) is 6.63. The third kappa shape index (κ3) is 0.993. The van der Waals surface area contributed by atoms with Crippen LogP contribution in [-0.2, 0) is 9.53 Å². The molecule has 18 heavy (non-hydrogen) atoms. The van der Waals surface area contributed by atoms with Crippen LogP contribution in [0.3, 0.4) is 0 Å². The van der Waals surface area contributed by atoms with Gasteiger partial charge in [-0.2, -0.15) is 0 Å². The summed E-state index contributed by atoms with van der Waals surface area (Å²) in [7, 11) is 0. The summed E-state index contributed by atoms with van der Waals surface area (Å²) in [5.41, 5.74) is 2.71. The molecule has 0 unspecified atom stereocenters. The van der Waals surface area contributed by atoms with Crippen LogP contribution in [0.25, 0.3) is 0 Å². The van der Waals surface area contributed by atoms with Gasteiger partial charge in [0.2, 0.25) is 0 Å². The van der Waals surface area contributed by atoms with Crippen molar-refractivity contribution in [2.45, 2.75) is 38.9 Å². The summed E-state index contributed by atoms with van der Waals surface area (Å²) in [6.07, 6.45) is 1.30. The van der Waals surface area contributed by atoms with Gasteiger partial charge in [0.25, 0.3) is 0 Å². The van der Waals surface area contributed by atoms with Gasteiger partial charge < -0.3 is 9.84 Å². The second-order valence-electron chi connectivity index (χ2n) is 6.63. The van der Waals surface area contributed by atoms with Gasteiger partial charge >= 0.3 is 5.97 Å². The smallest absolute Gasteiger partial charge is 0.334 e. The number of fused-ring (bicyclic) bond motifs is 4. The zero-order valence-corrected chi connectivity index (χ0v) is 10.8. The zero-order chi connectivity index (χ0) is 12.8. The highest BCUT2D eigenvalue weighted by molar-refractivity contribution is 5.92. The number of aliphatic hydroxyl groups is 1. The summed E-state index contributed by atoms with van der Waals surface area (Å²) in [5.74, 6) is 1.11. The Morgan fingerprint density at radius 3 is 2.94 bits per heavy atom. The zero-order valence-electron chi connectivity index (χ0n) is 10.8. The van der Waals surface area contributed by atoms with Crippen LogP contribution >= 0.6 is 0 Å². The number of rotatable bonds is 0. The van der Waals surface area contributed by atoms with Crippen LogP contribution in [0.2, 0.25) is 0 Å². The largest absolute Gasteiger partial charge is 0.454 e. The van der Waals surface area contributed by atoms with Crippen LogP contribution in [-0.4, -0.2) is 23.3 Å². The molecular weight excluding hydrogens is 228 g/mol. The molecule has 0 aromatic carbocycles. The Bertz CT molecular complexity index is 518. The first-order valence-electron chi connectivity index (χ1n) is 6.73. The maximum Gasteiger partial charge on any atom is 0.334 e. The number of ether oxygens (including phenoxy) is 1. The molecule has 0 spiro atoms.